The van der Waals surface area contributed by atoms with Crippen molar-refractivity contribution in [3.05, 3.63) is 36.4 Å². The second kappa shape index (κ2) is 8.65. The zero-order valence-electron chi connectivity index (χ0n) is 16.6. The molecule has 7 heteroatoms. The first kappa shape index (κ1) is 18.8. The number of nitrogens with zero attached hydrogens (tertiary/aromatic N) is 3. The van der Waals surface area contributed by atoms with Crippen LogP contribution in [0, 0.1) is 0 Å². The van der Waals surface area contributed by atoms with Crippen LogP contribution in [0.25, 0.3) is 10.9 Å². The lowest BCUT2D eigenvalue weighted by Crippen LogP contribution is -2.44. The van der Waals surface area contributed by atoms with Crippen LogP contribution in [0.5, 0.6) is 5.88 Å². The molecule has 3 unspecified atom stereocenters. The molecule has 2 saturated heterocycles. The van der Waals surface area contributed by atoms with Crippen molar-refractivity contribution in [2.45, 2.75) is 44.2 Å². The van der Waals surface area contributed by atoms with Gasteiger partial charge in [0.15, 0.2) is 6.29 Å². The van der Waals surface area contributed by atoms with Gasteiger partial charge in [-0.1, -0.05) is 18.2 Å². The number of aromatic nitrogens is 2. The minimum absolute atomic E-state index is 0.0313. The molecule has 0 amide bonds. The Morgan fingerprint density at radius 1 is 1.03 bits per heavy atom. The van der Waals surface area contributed by atoms with E-state index in [1.54, 1.807) is 0 Å². The highest BCUT2D eigenvalue weighted by atomic mass is 16.7. The van der Waals surface area contributed by atoms with Crippen LogP contribution >= 0.6 is 0 Å². The summed E-state index contributed by atoms with van der Waals surface area (Å²) in [5.41, 5.74) is 0.913. The summed E-state index contributed by atoms with van der Waals surface area (Å²) < 4.78 is 18.1. The molecule has 29 heavy (non-hydrogen) atoms. The maximum atomic E-state index is 6.34. The average molecular weight is 396 g/mol. The van der Waals surface area contributed by atoms with Crippen molar-refractivity contribution in [2.75, 3.05) is 37.7 Å². The Morgan fingerprint density at radius 2 is 1.90 bits per heavy atom. The predicted molar refractivity (Wildman–Crippen MR) is 111 cm³/mol. The van der Waals surface area contributed by atoms with E-state index in [0.717, 1.165) is 68.9 Å². The fourth-order valence-corrected chi connectivity index (χ4v) is 4.11. The smallest absolute Gasteiger partial charge is 0.229 e. The van der Waals surface area contributed by atoms with E-state index >= 15 is 0 Å². The molecule has 1 aliphatic carbocycles. The SMILES string of the molecule is C1=CC(OC2CCCCO2)CC1Oc1nc(N2CCNCC2)nc2ccccc12. The Kier molecular flexibility index (Phi) is 5.60. The molecular weight excluding hydrogens is 368 g/mol. The van der Waals surface area contributed by atoms with Gasteiger partial charge in [0.05, 0.1) is 17.0 Å². The van der Waals surface area contributed by atoms with Gasteiger partial charge in [-0.05, 0) is 37.5 Å². The number of benzene rings is 1. The summed E-state index contributed by atoms with van der Waals surface area (Å²) in [5, 5.41) is 4.32. The minimum atomic E-state index is -0.0867. The molecule has 3 atom stereocenters. The highest BCUT2D eigenvalue weighted by Crippen LogP contribution is 2.29. The van der Waals surface area contributed by atoms with E-state index in [1.165, 1.54) is 6.42 Å². The van der Waals surface area contributed by atoms with Crippen LogP contribution in [0.1, 0.15) is 25.7 Å². The molecule has 2 aromatic rings. The van der Waals surface area contributed by atoms with E-state index in [0.29, 0.717) is 5.88 Å². The summed E-state index contributed by atoms with van der Waals surface area (Å²) in [5.74, 6) is 1.39. The van der Waals surface area contributed by atoms with Gasteiger partial charge in [0.1, 0.15) is 6.10 Å². The quantitative estimate of drug-likeness (QED) is 0.779. The van der Waals surface area contributed by atoms with Crippen molar-refractivity contribution >= 4 is 16.9 Å². The van der Waals surface area contributed by atoms with Crippen LogP contribution < -0.4 is 15.0 Å². The monoisotopic (exact) mass is 396 g/mol. The Labute approximate surface area is 171 Å². The summed E-state index contributed by atoms with van der Waals surface area (Å²) >= 11 is 0. The molecule has 2 aliphatic heterocycles. The number of piperazine rings is 1. The van der Waals surface area contributed by atoms with Gasteiger partial charge in [0.2, 0.25) is 11.8 Å². The lowest BCUT2D eigenvalue weighted by Gasteiger charge is -2.28. The number of hydrogen-bond donors (Lipinski definition) is 1. The average Bonchev–Trinajstić information content (AvgIpc) is 3.21. The van der Waals surface area contributed by atoms with E-state index in [-0.39, 0.29) is 18.5 Å². The predicted octanol–water partition coefficient (Wildman–Crippen LogP) is 2.66. The fourth-order valence-electron chi connectivity index (χ4n) is 4.11. The molecule has 0 radical (unpaired) electrons. The fraction of sp³-hybridized carbons (Fsp3) is 0.545. The van der Waals surface area contributed by atoms with E-state index in [9.17, 15) is 0 Å². The molecule has 154 valence electrons. The summed E-state index contributed by atoms with van der Waals surface area (Å²) in [6.45, 7) is 4.49. The van der Waals surface area contributed by atoms with Crippen LogP contribution in [0.2, 0.25) is 0 Å². The van der Waals surface area contributed by atoms with Gasteiger partial charge in [0, 0.05) is 39.2 Å². The Morgan fingerprint density at radius 3 is 2.76 bits per heavy atom. The third kappa shape index (κ3) is 4.37. The number of fused-ring (bicyclic) bond motifs is 1. The van der Waals surface area contributed by atoms with Crippen molar-refractivity contribution in [2.24, 2.45) is 0 Å². The molecule has 0 spiro atoms. The second-order valence-corrected chi connectivity index (χ2v) is 7.83. The van der Waals surface area contributed by atoms with Crippen molar-refractivity contribution in [3.8, 4) is 5.88 Å². The molecule has 0 saturated carbocycles. The molecule has 5 rings (SSSR count). The number of rotatable bonds is 5. The third-order valence-electron chi connectivity index (χ3n) is 5.69. The molecule has 3 heterocycles. The normalized spacial score (nSPS) is 27.4. The van der Waals surface area contributed by atoms with Crippen LogP contribution in [0.15, 0.2) is 36.4 Å². The molecule has 1 aromatic heterocycles. The third-order valence-corrected chi connectivity index (χ3v) is 5.69. The van der Waals surface area contributed by atoms with Gasteiger partial charge >= 0.3 is 0 Å². The van der Waals surface area contributed by atoms with E-state index in [2.05, 4.69) is 22.4 Å². The summed E-state index contributed by atoms with van der Waals surface area (Å²) in [7, 11) is 0. The van der Waals surface area contributed by atoms with Crippen molar-refractivity contribution < 1.29 is 14.2 Å². The largest absolute Gasteiger partial charge is 0.469 e. The van der Waals surface area contributed by atoms with E-state index in [4.69, 9.17) is 24.2 Å². The van der Waals surface area contributed by atoms with Crippen molar-refractivity contribution in [1.82, 2.24) is 15.3 Å². The zero-order chi connectivity index (χ0) is 19.5. The van der Waals surface area contributed by atoms with Gasteiger partial charge in [-0.3, -0.25) is 0 Å². The van der Waals surface area contributed by atoms with E-state index < -0.39 is 0 Å². The highest BCUT2D eigenvalue weighted by Gasteiger charge is 2.26. The first-order valence-electron chi connectivity index (χ1n) is 10.7. The number of ether oxygens (including phenoxy) is 3. The van der Waals surface area contributed by atoms with E-state index in [1.807, 2.05) is 24.3 Å². The maximum Gasteiger partial charge on any atom is 0.229 e. The second-order valence-electron chi connectivity index (χ2n) is 7.83. The lowest BCUT2D eigenvalue weighted by atomic mass is 10.2. The molecule has 1 aromatic carbocycles. The summed E-state index contributed by atoms with van der Waals surface area (Å²) in [6.07, 6.45) is 8.10. The molecule has 3 aliphatic rings. The highest BCUT2D eigenvalue weighted by molar-refractivity contribution is 5.84. The Bertz CT molecular complexity index is 862. The zero-order valence-corrected chi connectivity index (χ0v) is 16.6. The standard InChI is InChI=1S/C22H28N4O3/c1-2-6-19-18(5-1)21(25-22(24-19)26-12-10-23-11-13-26)29-17-9-8-16(15-17)28-20-7-3-4-14-27-20/h1-2,5-6,8-9,16-17,20,23H,3-4,7,10-15H2. The molecule has 7 nitrogen and oxygen atoms in total. The molecular formula is C22H28N4O3. The van der Waals surface area contributed by atoms with Gasteiger partial charge in [-0.2, -0.15) is 4.98 Å². The number of hydrogen-bond acceptors (Lipinski definition) is 7. The lowest BCUT2D eigenvalue weighted by molar-refractivity contribution is -0.179. The van der Waals surface area contributed by atoms with Crippen molar-refractivity contribution in [3.63, 3.8) is 0 Å². The molecule has 2 fully saturated rings. The first-order valence-corrected chi connectivity index (χ1v) is 10.7. The first-order chi connectivity index (χ1) is 14.3. The minimum Gasteiger partial charge on any atom is -0.469 e. The summed E-state index contributed by atoms with van der Waals surface area (Å²) in [4.78, 5) is 11.8. The van der Waals surface area contributed by atoms with Gasteiger partial charge in [-0.25, -0.2) is 4.98 Å². The van der Waals surface area contributed by atoms with Crippen LogP contribution in [0.3, 0.4) is 0 Å². The van der Waals surface area contributed by atoms with Crippen molar-refractivity contribution in [1.29, 1.82) is 0 Å². The number of para-hydroxylation sites is 1. The maximum absolute atomic E-state index is 6.34. The number of anilines is 1. The topological polar surface area (TPSA) is 68.7 Å². The number of nitrogens with one attached hydrogen (secondary N) is 1. The molecule has 1 N–H and O–H groups in total. The van der Waals surface area contributed by atoms with Gasteiger partial charge < -0.3 is 24.4 Å². The van der Waals surface area contributed by atoms with Crippen LogP contribution in [-0.2, 0) is 9.47 Å². The van der Waals surface area contributed by atoms with Crippen LogP contribution in [0.4, 0.5) is 5.95 Å². The summed E-state index contributed by atoms with van der Waals surface area (Å²) in [6, 6.07) is 8.05. The van der Waals surface area contributed by atoms with Crippen LogP contribution in [-0.4, -0.2) is 61.3 Å². The Hall–Kier alpha value is -2.22. The molecule has 0 bridgehead atoms. The van der Waals surface area contributed by atoms with Gasteiger partial charge in [0.25, 0.3) is 0 Å². The van der Waals surface area contributed by atoms with Gasteiger partial charge in [-0.15, -0.1) is 0 Å². The Balaban J connectivity index is 1.31.